The average molecular weight is 194 g/mol. The molecule has 0 aromatic rings. The van der Waals surface area contributed by atoms with Gasteiger partial charge in [0.05, 0.1) is 12.0 Å². The minimum absolute atomic E-state index is 0.0824. The van der Waals surface area contributed by atoms with E-state index in [1.54, 1.807) is 12.2 Å². The standard InChI is InChI=1S/C11H14O3/c12-6-8-2-1-3-9(13)10(8)11(14)7-4-5-7/h1-2,6-10,13H,3-5H2. The Bertz CT molecular complexity index is 278. The molecule has 14 heavy (non-hydrogen) atoms. The third kappa shape index (κ3) is 1.64. The van der Waals surface area contributed by atoms with Crippen LogP contribution in [0.2, 0.25) is 0 Å². The first-order valence-electron chi connectivity index (χ1n) is 5.08. The van der Waals surface area contributed by atoms with Crippen LogP contribution in [-0.2, 0) is 9.59 Å². The van der Waals surface area contributed by atoms with Crippen LogP contribution in [0.1, 0.15) is 19.3 Å². The number of hydrogen-bond acceptors (Lipinski definition) is 3. The van der Waals surface area contributed by atoms with Gasteiger partial charge >= 0.3 is 0 Å². The van der Waals surface area contributed by atoms with E-state index in [1.165, 1.54) is 0 Å². The molecule has 0 spiro atoms. The predicted molar refractivity (Wildman–Crippen MR) is 50.5 cm³/mol. The molecule has 2 aliphatic carbocycles. The lowest BCUT2D eigenvalue weighted by atomic mass is 9.78. The third-order valence-corrected chi connectivity index (χ3v) is 3.03. The molecule has 3 heteroatoms. The predicted octanol–water partition coefficient (Wildman–Crippen LogP) is 0.718. The molecule has 1 N–H and O–H groups in total. The molecule has 0 radical (unpaired) electrons. The van der Waals surface area contributed by atoms with Gasteiger partial charge in [-0.1, -0.05) is 12.2 Å². The zero-order valence-electron chi connectivity index (χ0n) is 7.93. The number of carbonyl (C=O) groups excluding carboxylic acids is 2. The number of carbonyl (C=O) groups is 2. The van der Waals surface area contributed by atoms with Crippen molar-refractivity contribution in [1.29, 1.82) is 0 Å². The topological polar surface area (TPSA) is 54.4 Å². The highest BCUT2D eigenvalue weighted by Gasteiger charge is 2.41. The zero-order chi connectivity index (χ0) is 10.1. The normalized spacial score (nSPS) is 36.8. The number of Topliss-reactive ketones (excluding diaryl/α,β-unsaturated/α-hetero) is 1. The summed E-state index contributed by atoms with van der Waals surface area (Å²) in [4.78, 5) is 22.5. The summed E-state index contributed by atoms with van der Waals surface area (Å²) < 4.78 is 0. The van der Waals surface area contributed by atoms with Crippen molar-refractivity contribution in [3.05, 3.63) is 12.2 Å². The number of rotatable bonds is 3. The van der Waals surface area contributed by atoms with Crippen molar-refractivity contribution in [2.24, 2.45) is 17.8 Å². The van der Waals surface area contributed by atoms with Crippen LogP contribution >= 0.6 is 0 Å². The Labute approximate surface area is 82.8 Å². The maximum absolute atomic E-state index is 11.8. The van der Waals surface area contributed by atoms with Crippen LogP contribution in [0.25, 0.3) is 0 Å². The molecule has 0 aliphatic heterocycles. The van der Waals surface area contributed by atoms with Gasteiger partial charge in [-0.2, -0.15) is 0 Å². The lowest BCUT2D eigenvalue weighted by molar-refractivity contribution is -0.132. The Morgan fingerprint density at radius 3 is 2.71 bits per heavy atom. The van der Waals surface area contributed by atoms with Gasteiger partial charge in [0.15, 0.2) is 0 Å². The number of aliphatic hydroxyl groups is 1. The molecule has 3 atom stereocenters. The fraction of sp³-hybridized carbons (Fsp3) is 0.636. The van der Waals surface area contributed by atoms with Gasteiger partial charge in [0.25, 0.3) is 0 Å². The molecule has 0 aromatic carbocycles. The van der Waals surface area contributed by atoms with Crippen LogP contribution < -0.4 is 0 Å². The second kappa shape index (κ2) is 3.65. The van der Waals surface area contributed by atoms with E-state index in [1.807, 2.05) is 0 Å². The van der Waals surface area contributed by atoms with Crippen molar-refractivity contribution in [2.75, 3.05) is 0 Å². The molecule has 1 fully saturated rings. The quantitative estimate of drug-likeness (QED) is 0.532. The first kappa shape index (κ1) is 9.59. The molecule has 0 bridgehead atoms. The van der Waals surface area contributed by atoms with Gasteiger partial charge in [-0.15, -0.1) is 0 Å². The monoisotopic (exact) mass is 194 g/mol. The minimum Gasteiger partial charge on any atom is -0.392 e. The third-order valence-electron chi connectivity index (χ3n) is 3.03. The number of aliphatic hydroxyl groups excluding tert-OH is 1. The maximum Gasteiger partial charge on any atom is 0.142 e. The summed E-state index contributed by atoms with van der Waals surface area (Å²) in [5, 5.41) is 9.69. The lowest BCUT2D eigenvalue weighted by Gasteiger charge is -2.27. The fourth-order valence-corrected chi connectivity index (χ4v) is 2.05. The molecule has 2 aliphatic rings. The van der Waals surface area contributed by atoms with E-state index < -0.39 is 17.9 Å². The second-order valence-corrected chi connectivity index (χ2v) is 4.15. The van der Waals surface area contributed by atoms with Crippen LogP contribution in [0, 0.1) is 17.8 Å². The summed E-state index contributed by atoms with van der Waals surface area (Å²) in [6.07, 6.45) is 5.97. The molecule has 76 valence electrons. The molecule has 1 saturated carbocycles. The summed E-state index contributed by atoms with van der Waals surface area (Å²) in [7, 11) is 0. The van der Waals surface area contributed by atoms with Gasteiger partial charge in [-0.3, -0.25) is 4.79 Å². The van der Waals surface area contributed by atoms with Crippen LogP contribution in [-0.4, -0.2) is 23.3 Å². The maximum atomic E-state index is 11.8. The SMILES string of the molecule is O=CC1C=CCC(O)C1C(=O)C1CC1. The summed E-state index contributed by atoms with van der Waals surface area (Å²) in [6.45, 7) is 0. The summed E-state index contributed by atoms with van der Waals surface area (Å²) in [5.41, 5.74) is 0. The summed E-state index contributed by atoms with van der Waals surface area (Å²) in [6, 6.07) is 0. The van der Waals surface area contributed by atoms with Crippen molar-refractivity contribution in [1.82, 2.24) is 0 Å². The Balaban J connectivity index is 2.15. The van der Waals surface area contributed by atoms with E-state index in [9.17, 15) is 14.7 Å². The number of hydrogen-bond donors (Lipinski definition) is 1. The number of ketones is 1. The zero-order valence-corrected chi connectivity index (χ0v) is 7.93. The first-order valence-corrected chi connectivity index (χ1v) is 5.08. The van der Waals surface area contributed by atoms with Crippen molar-refractivity contribution in [3.63, 3.8) is 0 Å². The van der Waals surface area contributed by atoms with Crippen LogP contribution in [0.4, 0.5) is 0 Å². The van der Waals surface area contributed by atoms with Crippen LogP contribution in [0.15, 0.2) is 12.2 Å². The molecular formula is C11H14O3. The lowest BCUT2D eigenvalue weighted by Crippen LogP contribution is -2.37. The molecule has 2 rings (SSSR count). The molecule has 0 aromatic heterocycles. The van der Waals surface area contributed by atoms with E-state index >= 15 is 0 Å². The molecule has 3 nitrogen and oxygen atoms in total. The van der Waals surface area contributed by atoms with E-state index in [0.717, 1.165) is 19.1 Å². The van der Waals surface area contributed by atoms with Gasteiger partial charge in [0.2, 0.25) is 0 Å². The number of aldehydes is 1. The smallest absolute Gasteiger partial charge is 0.142 e. The Kier molecular flexibility index (Phi) is 2.50. The van der Waals surface area contributed by atoms with Crippen molar-refractivity contribution < 1.29 is 14.7 Å². The van der Waals surface area contributed by atoms with Crippen molar-refractivity contribution >= 4 is 12.1 Å². The summed E-state index contributed by atoms with van der Waals surface area (Å²) in [5.74, 6) is -0.695. The minimum atomic E-state index is -0.664. The van der Waals surface area contributed by atoms with Gasteiger partial charge < -0.3 is 9.90 Å². The molecule has 0 heterocycles. The van der Waals surface area contributed by atoms with E-state index in [-0.39, 0.29) is 11.7 Å². The number of allylic oxidation sites excluding steroid dienone is 1. The van der Waals surface area contributed by atoms with Gasteiger partial charge in [-0.25, -0.2) is 0 Å². The molecule has 0 saturated heterocycles. The van der Waals surface area contributed by atoms with E-state index in [4.69, 9.17) is 0 Å². The van der Waals surface area contributed by atoms with E-state index in [0.29, 0.717) is 6.42 Å². The molecule has 0 amide bonds. The Hall–Kier alpha value is -0.960. The van der Waals surface area contributed by atoms with E-state index in [2.05, 4.69) is 0 Å². The van der Waals surface area contributed by atoms with Crippen LogP contribution in [0.5, 0.6) is 0 Å². The highest BCUT2D eigenvalue weighted by molar-refractivity contribution is 5.89. The van der Waals surface area contributed by atoms with Crippen LogP contribution in [0.3, 0.4) is 0 Å². The average Bonchev–Trinajstić information content (AvgIpc) is 2.99. The van der Waals surface area contributed by atoms with Crippen molar-refractivity contribution in [3.8, 4) is 0 Å². The second-order valence-electron chi connectivity index (χ2n) is 4.15. The van der Waals surface area contributed by atoms with Gasteiger partial charge in [0.1, 0.15) is 12.1 Å². The first-order chi connectivity index (χ1) is 6.74. The molecular weight excluding hydrogens is 180 g/mol. The van der Waals surface area contributed by atoms with Gasteiger partial charge in [-0.05, 0) is 19.3 Å². The van der Waals surface area contributed by atoms with Gasteiger partial charge in [0, 0.05) is 11.8 Å². The highest BCUT2D eigenvalue weighted by atomic mass is 16.3. The summed E-state index contributed by atoms with van der Waals surface area (Å²) >= 11 is 0. The Morgan fingerprint density at radius 1 is 1.43 bits per heavy atom. The van der Waals surface area contributed by atoms with Crippen molar-refractivity contribution in [2.45, 2.75) is 25.4 Å². The largest absolute Gasteiger partial charge is 0.392 e. The molecule has 3 unspecified atom stereocenters. The highest BCUT2D eigenvalue weighted by Crippen LogP contribution is 2.37. The Morgan fingerprint density at radius 2 is 2.14 bits per heavy atom. The fourth-order valence-electron chi connectivity index (χ4n) is 2.05.